The normalized spacial score (nSPS) is 12.4. The molecule has 75 heavy (non-hydrogen) atoms. The summed E-state index contributed by atoms with van der Waals surface area (Å²) >= 11 is 0. The topological polar surface area (TPSA) is 4.93 Å². The van der Waals surface area contributed by atoms with Gasteiger partial charge in [0.2, 0.25) is 0 Å². The number of aromatic nitrogens is 1. The number of nitrogens with zero attached hydrogens (tertiary/aromatic N) is 1. The molecule has 1 heteroatoms. The van der Waals surface area contributed by atoms with Gasteiger partial charge in [0.1, 0.15) is 0 Å². The number of benzene rings is 11. The average molecular weight is 962 g/mol. The SMILES string of the molecule is Cc1ccc(-c2ccc3c(c2)c2ccccc2n3-c2ccc(-c3ccccc3)cc2)cc1.Cc1ccc2c(c1)C(=C(c1ccccc1)c1ccccc1)c1ccccc1-2.Cc1ccc2c(c1)C(C)(C)c1ccccc1-2. The van der Waals surface area contributed by atoms with Gasteiger partial charge in [-0.1, -0.05) is 267 Å². The van der Waals surface area contributed by atoms with E-state index < -0.39 is 0 Å². The third-order valence-corrected chi connectivity index (χ3v) is 15.3. The van der Waals surface area contributed by atoms with Gasteiger partial charge in [-0.3, -0.25) is 0 Å². The zero-order valence-electron chi connectivity index (χ0n) is 43.4. The minimum absolute atomic E-state index is 0.151. The van der Waals surface area contributed by atoms with Gasteiger partial charge in [-0.15, -0.1) is 0 Å². The molecular weight excluding hydrogens is 903 g/mol. The standard InChI is InChI=1S/C31H23N.C27H20.C16H16/c1-22-11-13-25(14-12-22)26-17-20-31-29(21-26)28-9-5-6-10-30(28)32(31)27-18-15-24(16-19-27)23-7-3-2-4-8-23;1-19-16-17-23-22-14-8-9-15-24(22)27(25(23)18-19)26(20-10-4-2-5-11-20)21-12-6-3-7-13-21;1-11-8-9-13-12-6-4-5-7-14(12)16(2,3)15(13)10-11/h2-21H,1H3;2-18H,1H3;4-10H,1-3H3. The van der Waals surface area contributed by atoms with Crippen molar-refractivity contribution < 1.29 is 0 Å². The molecule has 0 saturated heterocycles. The van der Waals surface area contributed by atoms with Gasteiger partial charge in [-0.2, -0.15) is 0 Å². The largest absolute Gasteiger partial charge is 0.309 e. The van der Waals surface area contributed by atoms with Crippen LogP contribution in [0.3, 0.4) is 0 Å². The van der Waals surface area contributed by atoms with Crippen LogP contribution in [0.1, 0.15) is 63.9 Å². The monoisotopic (exact) mass is 961 g/mol. The summed E-state index contributed by atoms with van der Waals surface area (Å²) < 4.78 is 2.37. The Morgan fingerprint density at radius 1 is 0.307 bits per heavy atom. The molecule has 0 N–H and O–H groups in total. The van der Waals surface area contributed by atoms with Crippen molar-refractivity contribution >= 4 is 33.0 Å². The van der Waals surface area contributed by atoms with E-state index >= 15 is 0 Å². The van der Waals surface area contributed by atoms with Crippen LogP contribution in [0.4, 0.5) is 0 Å². The molecule has 0 spiro atoms. The summed E-state index contributed by atoms with van der Waals surface area (Å²) in [6, 6.07) is 96.3. The van der Waals surface area contributed by atoms with Gasteiger partial charge in [0, 0.05) is 21.9 Å². The molecule has 2 aliphatic carbocycles. The second-order valence-corrected chi connectivity index (χ2v) is 20.7. The van der Waals surface area contributed by atoms with E-state index in [9.17, 15) is 0 Å². The second-order valence-electron chi connectivity index (χ2n) is 20.7. The van der Waals surface area contributed by atoms with Crippen LogP contribution in [0.2, 0.25) is 0 Å². The fraction of sp³-hybridized carbons (Fsp3) is 0.0811. The number of para-hydroxylation sites is 1. The Morgan fingerprint density at radius 3 is 1.47 bits per heavy atom. The Kier molecular flexibility index (Phi) is 12.4. The maximum absolute atomic E-state index is 2.37. The molecule has 0 bridgehead atoms. The summed E-state index contributed by atoms with van der Waals surface area (Å²) in [6.07, 6.45) is 0. The van der Waals surface area contributed by atoms with Crippen LogP contribution in [0.5, 0.6) is 0 Å². The first-order valence-electron chi connectivity index (χ1n) is 26.2. The molecule has 0 atom stereocenters. The molecule has 11 aromatic carbocycles. The van der Waals surface area contributed by atoms with Crippen LogP contribution in [-0.2, 0) is 5.41 Å². The second kappa shape index (κ2) is 19.8. The van der Waals surface area contributed by atoms with Gasteiger partial charge in [0.25, 0.3) is 0 Å². The van der Waals surface area contributed by atoms with Crippen LogP contribution in [0, 0.1) is 20.8 Å². The molecule has 0 radical (unpaired) electrons. The highest BCUT2D eigenvalue weighted by Gasteiger charge is 2.35. The van der Waals surface area contributed by atoms with Crippen LogP contribution in [0.15, 0.2) is 267 Å². The summed E-state index contributed by atoms with van der Waals surface area (Å²) in [4.78, 5) is 0. The Morgan fingerprint density at radius 2 is 0.773 bits per heavy atom. The van der Waals surface area contributed by atoms with E-state index in [0.29, 0.717) is 0 Å². The molecule has 2 aliphatic rings. The fourth-order valence-electron chi connectivity index (χ4n) is 11.5. The van der Waals surface area contributed by atoms with E-state index in [4.69, 9.17) is 0 Å². The third kappa shape index (κ3) is 8.81. The summed E-state index contributed by atoms with van der Waals surface area (Å²) in [5.74, 6) is 0. The molecule has 1 heterocycles. The molecule has 0 fully saturated rings. The highest BCUT2D eigenvalue weighted by atomic mass is 15.0. The number of rotatable bonds is 5. The molecule has 0 amide bonds. The molecule has 12 aromatic rings. The van der Waals surface area contributed by atoms with Crippen molar-refractivity contribution in [2.75, 3.05) is 0 Å². The summed E-state index contributed by atoms with van der Waals surface area (Å²) in [6.45, 7) is 11.1. The molecule has 360 valence electrons. The van der Waals surface area contributed by atoms with Crippen LogP contribution in [0.25, 0.3) is 83.1 Å². The maximum atomic E-state index is 2.37. The predicted molar refractivity (Wildman–Crippen MR) is 320 cm³/mol. The minimum Gasteiger partial charge on any atom is -0.309 e. The van der Waals surface area contributed by atoms with Crippen molar-refractivity contribution in [3.05, 3.63) is 317 Å². The lowest BCUT2D eigenvalue weighted by Gasteiger charge is -2.21. The fourth-order valence-corrected chi connectivity index (χ4v) is 11.5. The Hall–Kier alpha value is -9.04. The van der Waals surface area contributed by atoms with Crippen LogP contribution >= 0.6 is 0 Å². The lowest BCUT2D eigenvalue weighted by molar-refractivity contribution is 0.660. The van der Waals surface area contributed by atoms with E-state index in [1.54, 1.807) is 0 Å². The molecule has 0 aliphatic heterocycles. The lowest BCUT2D eigenvalue weighted by atomic mass is 9.82. The van der Waals surface area contributed by atoms with Crippen molar-refractivity contribution in [2.24, 2.45) is 0 Å². The molecule has 1 nitrogen and oxygen atoms in total. The van der Waals surface area contributed by atoms with E-state index in [-0.39, 0.29) is 5.41 Å². The summed E-state index contributed by atoms with van der Waals surface area (Å²) in [7, 11) is 0. The number of fused-ring (bicyclic) bond motifs is 9. The molecule has 0 saturated carbocycles. The van der Waals surface area contributed by atoms with Gasteiger partial charge in [0.05, 0.1) is 11.0 Å². The highest BCUT2D eigenvalue weighted by molar-refractivity contribution is 6.14. The van der Waals surface area contributed by atoms with E-state index in [1.165, 1.54) is 133 Å². The first-order chi connectivity index (χ1) is 36.7. The summed E-state index contributed by atoms with van der Waals surface area (Å²) in [5.41, 5.74) is 28.9. The third-order valence-electron chi connectivity index (χ3n) is 15.3. The number of hydrogen-bond donors (Lipinski definition) is 0. The molecule has 0 unspecified atom stereocenters. The van der Waals surface area contributed by atoms with Crippen molar-refractivity contribution in [3.63, 3.8) is 0 Å². The average Bonchev–Trinajstić information content (AvgIpc) is 4.04. The summed E-state index contributed by atoms with van der Waals surface area (Å²) in [5, 5.41) is 2.56. The zero-order chi connectivity index (χ0) is 51.0. The Labute approximate surface area is 442 Å². The van der Waals surface area contributed by atoms with Crippen molar-refractivity contribution in [3.8, 4) is 50.2 Å². The van der Waals surface area contributed by atoms with Gasteiger partial charge >= 0.3 is 0 Å². The molecule has 14 rings (SSSR count). The minimum atomic E-state index is 0.151. The van der Waals surface area contributed by atoms with E-state index in [1.807, 2.05) is 0 Å². The predicted octanol–water partition coefficient (Wildman–Crippen LogP) is 19.7. The first-order valence-corrected chi connectivity index (χ1v) is 26.2. The molecular formula is C74H59N. The number of aryl methyl sites for hydroxylation is 3. The van der Waals surface area contributed by atoms with Gasteiger partial charge in [0.15, 0.2) is 0 Å². The van der Waals surface area contributed by atoms with Crippen LogP contribution in [-0.4, -0.2) is 4.57 Å². The van der Waals surface area contributed by atoms with Gasteiger partial charge in [-0.25, -0.2) is 0 Å². The number of hydrogen-bond acceptors (Lipinski definition) is 0. The van der Waals surface area contributed by atoms with E-state index in [2.05, 4.69) is 306 Å². The van der Waals surface area contributed by atoms with Crippen molar-refractivity contribution in [2.45, 2.75) is 40.0 Å². The van der Waals surface area contributed by atoms with Crippen molar-refractivity contribution in [1.82, 2.24) is 4.57 Å². The van der Waals surface area contributed by atoms with E-state index in [0.717, 1.165) is 0 Å². The first kappa shape index (κ1) is 47.0. The zero-order valence-corrected chi connectivity index (χ0v) is 43.4. The quantitative estimate of drug-likeness (QED) is 0.162. The lowest BCUT2D eigenvalue weighted by Crippen LogP contribution is -2.14. The van der Waals surface area contributed by atoms with Crippen LogP contribution < -0.4 is 0 Å². The maximum Gasteiger partial charge on any atom is 0.0541 e. The highest BCUT2D eigenvalue weighted by Crippen LogP contribution is 2.50. The Bertz CT molecular complexity index is 4020. The van der Waals surface area contributed by atoms with Crippen molar-refractivity contribution in [1.29, 1.82) is 0 Å². The Balaban J connectivity index is 0.000000120. The van der Waals surface area contributed by atoms with Gasteiger partial charge < -0.3 is 4.57 Å². The molecule has 1 aromatic heterocycles. The van der Waals surface area contributed by atoms with Gasteiger partial charge in [-0.05, 0) is 140 Å². The smallest absolute Gasteiger partial charge is 0.0541 e.